The summed E-state index contributed by atoms with van der Waals surface area (Å²) in [7, 11) is 0. The van der Waals surface area contributed by atoms with Crippen molar-refractivity contribution >= 4 is 17.5 Å². The van der Waals surface area contributed by atoms with E-state index in [0.29, 0.717) is 37.0 Å². The van der Waals surface area contributed by atoms with Crippen LogP contribution in [0.5, 0.6) is 0 Å². The average Bonchev–Trinajstić information content (AvgIpc) is 2.78. The smallest absolute Gasteiger partial charge is 0.266 e. The molecule has 0 unspecified atom stereocenters. The molecule has 0 aliphatic carbocycles. The number of amides is 1. The highest BCUT2D eigenvalue weighted by atomic mass is 35.5. The van der Waals surface area contributed by atoms with Gasteiger partial charge in [0.05, 0.1) is 12.1 Å². The lowest BCUT2D eigenvalue weighted by molar-refractivity contribution is -0.131. The third-order valence-corrected chi connectivity index (χ3v) is 5.86. The van der Waals surface area contributed by atoms with E-state index in [1.165, 1.54) is 0 Å². The Kier molecular flexibility index (Phi) is 6.29. The van der Waals surface area contributed by atoms with Crippen molar-refractivity contribution in [1.29, 1.82) is 0 Å². The van der Waals surface area contributed by atoms with Gasteiger partial charge in [-0.3, -0.25) is 9.59 Å². The molecule has 0 N–H and O–H groups in total. The zero-order valence-electron chi connectivity index (χ0n) is 16.7. The van der Waals surface area contributed by atoms with Crippen molar-refractivity contribution in [3.05, 3.63) is 87.7 Å². The van der Waals surface area contributed by atoms with E-state index in [1.807, 2.05) is 59.5 Å². The molecule has 2 heterocycles. The van der Waals surface area contributed by atoms with Gasteiger partial charge in [-0.05, 0) is 42.5 Å². The number of halogens is 1. The maximum absolute atomic E-state index is 12.6. The standard InChI is InChI=1S/C24H24ClN3O2/c25-21-8-6-18(7-9-21)16-24(30)27-14-12-19(13-15-27)17-28-23(29)11-10-22(26-28)20-4-2-1-3-5-20/h1-11,19H,12-17H2. The van der Waals surface area contributed by atoms with Crippen molar-refractivity contribution in [3.8, 4) is 11.3 Å². The molecule has 1 fully saturated rings. The summed E-state index contributed by atoms with van der Waals surface area (Å²) in [4.78, 5) is 26.8. The lowest BCUT2D eigenvalue weighted by atomic mass is 9.96. The summed E-state index contributed by atoms with van der Waals surface area (Å²) in [5, 5.41) is 5.24. The molecule has 1 amide bonds. The number of carbonyl (C=O) groups is 1. The van der Waals surface area contributed by atoms with E-state index in [-0.39, 0.29) is 11.5 Å². The summed E-state index contributed by atoms with van der Waals surface area (Å²) >= 11 is 5.91. The van der Waals surface area contributed by atoms with Gasteiger partial charge in [0.15, 0.2) is 0 Å². The number of rotatable bonds is 5. The van der Waals surface area contributed by atoms with Crippen LogP contribution in [0.2, 0.25) is 5.02 Å². The van der Waals surface area contributed by atoms with Crippen LogP contribution >= 0.6 is 11.6 Å². The molecule has 0 atom stereocenters. The molecule has 1 saturated heterocycles. The molecule has 30 heavy (non-hydrogen) atoms. The van der Waals surface area contributed by atoms with Crippen LogP contribution in [0.4, 0.5) is 0 Å². The molecular weight excluding hydrogens is 398 g/mol. The van der Waals surface area contributed by atoms with Crippen molar-refractivity contribution in [3.63, 3.8) is 0 Å². The Balaban J connectivity index is 1.35. The van der Waals surface area contributed by atoms with Crippen LogP contribution < -0.4 is 5.56 Å². The lowest BCUT2D eigenvalue weighted by Gasteiger charge is -2.32. The first kappa shape index (κ1) is 20.4. The zero-order chi connectivity index (χ0) is 20.9. The molecule has 1 aliphatic rings. The normalized spacial score (nSPS) is 14.6. The Hall–Kier alpha value is -2.92. The highest BCUT2D eigenvalue weighted by Gasteiger charge is 2.23. The van der Waals surface area contributed by atoms with Crippen LogP contribution in [0, 0.1) is 5.92 Å². The topological polar surface area (TPSA) is 55.2 Å². The highest BCUT2D eigenvalue weighted by Crippen LogP contribution is 2.21. The van der Waals surface area contributed by atoms with Crippen LogP contribution in [0.15, 0.2) is 71.5 Å². The second-order valence-electron chi connectivity index (χ2n) is 7.73. The first-order valence-corrected chi connectivity index (χ1v) is 10.6. The molecule has 2 aromatic carbocycles. The van der Waals surface area contributed by atoms with E-state index in [9.17, 15) is 9.59 Å². The average molecular weight is 422 g/mol. The Labute approximate surface area is 180 Å². The Bertz CT molecular complexity index is 1060. The predicted molar refractivity (Wildman–Crippen MR) is 118 cm³/mol. The van der Waals surface area contributed by atoms with E-state index in [4.69, 9.17) is 11.6 Å². The second kappa shape index (κ2) is 9.26. The van der Waals surface area contributed by atoms with E-state index in [1.54, 1.807) is 16.8 Å². The fourth-order valence-corrected chi connectivity index (χ4v) is 3.97. The molecule has 154 valence electrons. The van der Waals surface area contributed by atoms with E-state index in [0.717, 1.165) is 29.7 Å². The Morgan fingerprint density at radius 3 is 2.37 bits per heavy atom. The molecule has 4 rings (SSSR count). The molecular formula is C24H24ClN3O2. The summed E-state index contributed by atoms with van der Waals surface area (Å²) in [5.41, 5.74) is 2.68. The number of carbonyl (C=O) groups excluding carboxylic acids is 1. The second-order valence-corrected chi connectivity index (χ2v) is 8.17. The number of hydrogen-bond acceptors (Lipinski definition) is 3. The van der Waals surface area contributed by atoms with E-state index < -0.39 is 0 Å². The van der Waals surface area contributed by atoms with Gasteiger partial charge < -0.3 is 4.90 Å². The maximum atomic E-state index is 12.6. The van der Waals surface area contributed by atoms with Gasteiger partial charge in [-0.1, -0.05) is 54.1 Å². The molecule has 1 aromatic heterocycles. The Morgan fingerprint density at radius 2 is 1.67 bits per heavy atom. The number of aromatic nitrogens is 2. The maximum Gasteiger partial charge on any atom is 0.266 e. The van der Waals surface area contributed by atoms with Gasteiger partial charge in [0.2, 0.25) is 5.91 Å². The molecule has 0 saturated carbocycles. The third kappa shape index (κ3) is 4.97. The van der Waals surface area contributed by atoms with Crippen molar-refractivity contribution in [1.82, 2.24) is 14.7 Å². The summed E-state index contributed by atoms with van der Waals surface area (Å²) < 4.78 is 1.57. The minimum Gasteiger partial charge on any atom is -0.342 e. The Morgan fingerprint density at radius 1 is 0.967 bits per heavy atom. The molecule has 5 nitrogen and oxygen atoms in total. The first-order chi connectivity index (χ1) is 14.6. The van der Waals surface area contributed by atoms with E-state index in [2.05, 4.69) is 5.10 Å². The number of benzene rings is 2. The van der Waals surface area contributed by atoms with Crippen LogP contribution in [0.3, 0.4) is 0 Å². The minimum atomic E-state index is -0.0871. The summed E-state index contributed by atoms with van der Waals surface area (Å²) in [5.74, 6) is 0.470. The van der Waals surface area contributed by atoms with Gasteiger partial charge in [-0.2, -0.15) is 5.10 Å². The van der Waals surface area contributed by atoms with Crippen molar-refractivity contribution < 1.29 is 4.79 Å². The first-order valence-electron chi connectivity index (χ1n) is 10.2. The highest BCUT2D eigenvalue weighted by molar-refractivity contribution is 6.30. The largest absolute Gasteiger partial charge is 0.342 e. The van der Waals surface area contributed by atoms with Gasteiger partial charge in [0, 0.05) is 36.3 Å². The number of likely N-dealkylation sites (tertiary alicyclic amines) is 1. The van der Waals surface area contributed by atoms with Crippen LogP contribution in [-0.4, -0.2) is 33.7 Å². The molecule has 6 heteroatoms. The van der Waals surface area contributed by atoms with Crippen molar-refractivity contribution in [2.45, 2.75) is 25.8 Å². The fourth-order valence-electron chi connectivity index (χ4n) is 3.84. The van der Waals surface area contributed by atoms with Gasteiger partial charge in [-0.25, -0.2) is 4.68 Å². The lowest BCUT2D eigenvalue weighted by Crippen LogP contribution is -2.41. The van der Waals surface area contributed by atoms with Crippen LogP contribution in [-0.2, 0) is 17.8 Å². The van der Waals surface area contributed by atoms with Crippen molar-refractivity contribution in [2.75, 3.05) is 13.1 Å². The van der Waals surface area contributed by atoms with Gasteiger partial charge in [0.1, 0.15) is 0 Å². The van der Waals surface area contributed by atoms with E-state index >= 15 is 0 Å². The molecule has 1 aliphatic heterocycles. The van der Waals surface area contributed by atoms with Crippen LogP contribution in [0.1, 0.15) is 18.4 Å². The van der Waals surface area contributed by atoms with Gasteiger partial charge in [-0.15, -0.1) is 0 Å². The molecule has 0 bridgehead atoms. The molecule has 0 radical (unpaired) electrons. The molecule has 3 aromatic rings. The van der Waals surface area contributed by atoms with Crippen molar-refractivity contribution in [2.24, 2.45) is 5.92 Å². The zero-order valence-corrected chi connectivity index (χ0v) is 17.5. The summed E-state index contributed by atoms with van der Waals surface area (Å²) in [6, 6.07) is 20.6. The summed E-state index contributed by atoms with van der Waals surface area (Å²) in [6.45, 7) is 2.01. The monoisotopic (exact) mass is 421 g/mol. The van der Waals surface area contributed by atoms with Crippen LogP contribution in [0.25, 0.3) is 11.3 Å². The fraction of sp³-hybridized carbons (Fsp3) is 0.292. The predicted octanol–water partition coefficient (Wildman–Crippen LogP) is 4.05. The van der Waals surface area contributed by atoms with Gasteiger partial charge >= 0.3 is 0 Å². The quantitative estimate of drug-likeness (QED) is 0.624. The number of nitrogens with zero attached hydrogens (tertiary/aromatic N) is 3. The molecule has 0 spiro atoms. The van der Waals surface area contributed by atoms with Gasteiger partial charge in [0.25, 0.3) is 5.56 Å². The minimum absolute atomic E-state index is 0.0871. The number of hydrogen-bond donors (Lipinski definition) is 0. The SMILES string of the molecule is O=C(Cc1ccc(Cl)cc1)N1CCC(Cn2nc(-c3ccccc3)ccc2=O)CC1. The third-order valence-electron chi connectivity index (χ3n) is 5.60. The summed E-state index contributed by atoms with van der Waals surface area (Å²) in [6.07, 6.45) is 2.13. The number of piperidine rings is 1.